The third kappa shape index (κ3) is 4.03. The van der Waals surface area contributed by atoms with E-state index in [1.807, 2.05) is 30.7 Å². The van der Waals surface area contributed by atoms with Crippen LogP contribution in [0.2, 0.25) is 0 Å². The van der Waals surface area contributed by atoms with Crippen LogP contribution < -0.4 is 10.6 Å². The zero-order valence-electron chi connectivity index (χ0n) is 11.3. The van der Waals surface area contributed by atoms with Crippen LogP contribution in [0.25, 0.3) is 0 Å². The topological polar surface area (TPSA) is 74.2 Å². The van der Waals surface area contributed by atoms with Crippen molar-refractivity contribution in [3.05, 3.63) is 38.0 Å². The maximum Gasteiger partial charge on any atom is 0.315 e. The van der Waals surface area contributed by atoms with Crippen LogP contribution in [0.5, 0.6) is 0 Å². The van der Waals surface area contributed by atoms with Crippen LogP contribution in [0.1, 0.15) is 27.2 Å². The monoisotopic (exact) mass is 311 g/mol. The van der Waals surface area contributed by atoms with Gasteiger partial charge in [-0.15, -0.1) is 11.3 Å². The van der Waals surface area contributed by atoms with Crippen molar-refractivity contribution < 1.29 is 9.90 Å². The molecule has 0 fully saturated rings. The van der Waals surface area contributed by atoms with E-state index in [0.29, 0.717) is 6.54 Å². The molecule has 2 amide bonds. The molecule has 0 saturated heterocycles. The minimum Gasteiger partial charge on any atom is -0.387 e. The number of carbonyl (C=O) groups is 1. The summed E-state index contributed by atoms with van der Waals surface area (Å²) in [5.41, 5.74) is 1.77. The molecular weight excluding hydrogens is 294 g/mol. The van der Waals surface area contributed by atoms with Crippen LogP contribution >= 0.6 is 22.7 Å². The number of aromatic nitrogens is 1. The second-order valence-electron chi connectivity index (χ2n) is 4.38. The summed E-state index contributed by atoms with van der Waals surface area (Å²) in [7, 11) is 0. The van der Waals surface area contributed by atoms with Crippen molar-refractivity contribution in [1.82, 2.24) is 15.6 Å². The Hall–Kier alpha value is -1.44. The zero-order chi connectivity index (χ0) is 14.5. The molecule has 20 heavy (non-hydrogen) atoms. The van der Waals surface area contributed by atoms with Gasteiger partial charge in [0, 0.05) is 11.4 Å². The van der Waals surface area contributed by atoms with E-state index in [1.165, 1.54) is 11.3 Å². The van der Waals surface area contributed by atoms with Crippen LogP contribution in [0.15, 0.2) is 16.8 Å². The highest BCUT2D eigenvalue weighted by Crippen LogP contribution is 2.17. The van der Waals surface area contributed by atoms with Crippen molar-refractivity contribution in [2.45, 2.75) is 26.5 Å². The number of nitrogens with one attached hydrogen (secondary N) is 2. The molecule has 7 heteroatoms. The number of thiophene rings is 1. The molecule has 108 valence electrons. The number of hydrogen-bond donors (Lipinski definition) is 3. The fourth-order valence-corrected chi connectivity index (χ4v) is 3.32. The van der Waals surface area contributed by atoms with E-state index in [4.69, 9.17) is 0 Å². The van der Waals surface area contributed by atoms with Crippen LogP contribution in [0.4, 0.5) is 4.79 Å². The second kappa shape index (κ2) is 6.83. The van der Waals surface area contributed by atoms with Gasteiger partial charge in [-0.2, -0.15) is 11.3 Å². The van der Waals surface area contributed by atoms with E-state index >= 15 is 0 Å². The van der Waals surface area contributed by atoms with Crippen LogP contribution in [-0.4, -0.2) is 22.7 Å². The van der Waals surface area contributed by atoms with E-state index in [2.05, 4.69) is 15.6 Å². The summed E-state index contributed by atoms with van der Waals surface area (Å²) < 4.78 is 0. The SMILES string of the molecule is Cc1nc(C)c(CNC(=O)NCC(O)c2ccsc2)s1. The molecule has 0 bridgehead atoms. The molecule has 2 aromatic heterocycles. The molecule has 5 nitrogen and oxygen atoms in total. The molecule has 0 spiro atoms. The molecule has 2 aromatic rings. The predicted molar refractivity (Wildman–Crippen MR) is 81.1 cm³/mol. The lowest BCUT2D eigenvalue weighted by atomic mass is 10.2. The maximum absolute atomic E-state index is 11.7. The third-order valence-electron chi connectivity index (χ3n) is 2.79. The number of aliphatic hydroxyl groups is 1. The van der Waals surface area contributed by atoms with Crippen molar-refractivity contribution in [2.75, 3.05) is 6.54 Å². The number of carbonyl (C=O) groups excluding carboxylic acids is 1. The Morgan fingerprint density at radius 2 is 2.25 bits per heavy atom. The minimum atomic E-state index is -0.667. The van der Waals surface area contributed by atoms with Crippen LogP contribution in [0.3, 0.4) is 0 Å². The van der Waals surface area contributed by atoms with Crippen molar-refractivity contribution in [3.63, 3.8) is 0 Å². The zero-order valence-corrected chi connectivity index (χ0v) is 13.0. The van der Waals surface area contributed by atoms with E-state index in [0.717, 1.165) is 21.1 Å². The molecule has 0 aromatic carbocycles. The minimum absolute atomic E-state index is 0.198. The summed E-state index contributed by atoms with van der Waals surface area (Å²) in [6.07, 6.45) is -0.667. The summed E-state index contributed by atoms with van der Waals surface area (Å²) >= 11 is 3.10. The van der Waals surface area contributed by atoms with Crippen LogP contribution in [-0.2, 0) is 6.54 Å². The van der Waals surface area contributed by atoms with Gasteiger partial charge in [0.2, 0.25) is 0 Å². The highest BCUT2D eigenvalue weighted by molar-refractivity contribution is 7.11. The number of urea groups is 1. The molecule has 0 radical (unpaired) electrons. The van der Waals surface area contributed by atoms with Crippen molar-refractivity contribution >= 4 is 28.7 Å². The molecule has 0 aliphatic carbocycles. The fraction of sp³-hybridized carbons (Fsp3) is 0.385. The van der Waals surface area contributed by atoms with E-state index in [9.17, 15) is 9.90 Å². The Kier molecular flexibility index (Phi) is 5.11. The third-order valence-corrected chi connectivity index (χ3v) is 4.57. The first-order chi connectivity index (χ1) is 9.56. The van der Waals surface area contributed by atoms with Gasteiger partial charge in [0.25, 0.3) is 0 Å². The largest absolute Gasteiger partial charge is 0.387 e. The van der Waals surface area contributed by atoms with Crippen molar-refractivity contribution in [1.29, 1.82) is 0 Å². The lowest BCUT2D eigenvalue weighted by molar-refractivity contribution is 0.173. The Bertz CT molecular complexity index is 566. The smallest absolute Gasteiger partial charge is 0.315 e. The summed E-state index contributed by atoms with van der Waals surface area (Å²) in [6.45, 7) is 4.53. The lowest BCUT2D eigenvalue weighted by Crippen LogP contribution is -2.37. The number of hydrogen-bond acceptors (Lipinski definition) is 5. The van der Waals surface area contributed by atoms with E-state index in [-0.39, 0.29) is 12.6 Å². The fourth-order valence-electron chi connectivity index (χ4n) is 1.73. The number of aryl methyl sites for hydroxylation is 2. The van der Waals surface area contributed by atoms with Crippen molar-refractivity contribution in [2.24, 2.45) is 0 Å². The Morgan fingerprint density at radius 1 is 1.45 bits per heavy atom. The molecule has 1 unspecified atom stereocenters. The number of rotatable bonds is 5. The maximum atomic E-state index is 11.7. The van der Waals surface area contributed by atoms with Gasteiger partial charge in [0.15, 0.2) is 0 Å². The number of aliphatic hydroxyl groups excluding tert-OH is 1. The predicted octanol–water partition coefficient (Wildman–Crippen LogP) is 2.35. The first-order valence-electron chi connectivity index (χ1n) is 6.21. The summed E-state index contributed by atoms with van der Waals surface area (Å²) in [6, 6.07) is 1.56. The molecular formula is C13H17N3O2S2. The van der Waals surface area contributed by atoms with Gasteiger partial charge in [-0.25, -0.2) is 9.78 Å². The number of thiazole rings is 1. The quantitative estimate of drug-likeness (QED) is 0.793. The Morgan fingerprint density at radius 3 is 2.85 bits per heavy atom. The van der Waals surface area contributed by atoms with Gasteiger partial charge in [-0.1, -0.05) is 0 Å². The summed E-state index contributed by atoms with van der Waals surface area (Å²) in [5, 5.41) is 20.0. The summed E-state index contributed by atoms with van der Waals surface area (Å²) in [4.78, 5) is 17.0. The molecule has 1 atom stereocenters. The highest BCUT2D eigenvalue weighted by Gasteiger charge is 2.10. The molecule has 3 N–H and O–H groups in total. The van der Waals surface area contributed by atoms with E-state index in [1.54, 1.807) is 11.3 Å². The Balaban J connectivity index is 1.74. The van der Waals surface area contributed by atoms with Crippen molar-refractivity contribution in [3.8, 4) is 0 Å². The first-order valence-corrected chi connectivity index (χ1v) is 7.97. The van der Waals surface area contributed by atoms with Crippen LogP contribution in [0, 0.1) is 13.8 Å². The highest BCUT2D eigenvalue weighted by atomic mass is 32.1. The molecule has 0 aliphatic rings. The Labute approximate surface area is 125 Å². The second-order valence-corrected chi connectivity index (χ2v) is 6.45. The standard InChI is InChI=1S/C13H17N3O2S2/c1-8-12(20-9(2)16-8)6-15-13(18)14-5-11(17)10-3-4-19-7-10/h3-4,7,11,17H,5-6H2,1-2H3,(H2,14,15,18). The van der Waals surface area contributed by atoms with E-state index < -0.39 is 6.10 Å². The van der Waals surface area contributed by atoms with Gasteiger partial charge in [0.05, 0.1) is 23.4 Å². The molecule has 2 rings (SSSR count). The molecule has 0 saturated carbocycles. The van der Waals surface area contributed by atoms with Gasteiger partial charge in [-0.3, -0.25) is 0 Å². The number of amides is 2. The number of nitrogens with zero attached hydrogens (tertiary/aromatic N) is 1. The average Bonchev–Trinajstić information content (AvgIpc) is 3.03. The first kappa shape index (κ1) is 15.0. The average molecular weight is 311 g/mol. The summed E-state index contributed by atoms with van der Waals surface area (Å²) in [5.74, 6) is 0. The van der Waals surface area contributed by atoms with Gasteiger partial charge in [-0.05, 0) is 36.2 Å². The van der Waals surface area contributed by atoms with Gasteiger partial charge >= 0.3 is 6.03 Å². The normalized spacial score (nSPS) is 12.2. The molecule has 2 heterocycles. The van der Waals surface area contributed by atoms with Gasteiger partial charge in [0.1, 0.15) is 0 Å². The molecule has 0 aliphatic heterocycles. The lowest BCUT2D eigenvalue weighted by Gasteiger charge is -2.11. The van der Waals surface area contributed by atoms with Gasteiger partial charge < -0.3 is 15.7 Å².